The molecule has 0 unspecified atom stereocenters. The molecule has 3 nitrogen and oxygen atoms in total. The second-order valence-electron chi connectivity index (χ2n) is 8.19. The van der Waals surface area contributed by atoms with E-state index in [0.29, 0.717) is 5.56 Å². The Hall–Kier alpha value is -4.81. The molecule has 0 saturated carbocycles. The van der Waals surface area contributed by atoms with E-state index in [0.717, 1.165) is 33.8 Å². The van der Waals surface area contributed by atoms with Gasteiger partial charge in [0, 0.05) is 22.1 Å². The van der Waals surface area contributed by atoms with Crippen LogP contribution in [0.25, 0.3) is 27.5 Å². The van der Waals surface area contributed by atoms with E-state index >= 15 is 0 Å². The topological polar surface area (TPSA) is 32.0 Å². The normalized spacial score (nSPS) is 10.9. The molecule has 34 heavy (non-hydrogen) atoms. The van der Waals surface area contributed by atoms with Gasteiger partial charge >= 0.3 is 0 Å². The summed E-state index contributed by atoms with van der Waals surface area (Å²) < 4.78 is 2.28. The predicted molar refractivity (Wildman–Crippen MR) is 140 cm³/mol. The van der Waals surface area contributed by atoms with Crippen LogP contribution in [0.3, 0.4) is 0 Å². The summed E-state index contributed by atoms with van der Waals surface area (Å²) >= 11 is 0. The van der Waals surface area contributed by atoms with Crippen molar-refractivity contribution in [3.05, 3.63) is 133 Å². The summed E-state index contributed by atoms with van der Waals surface area (Å²) in [5.74, 6) is 0. The minimum absolute atomic E-state index is 0.627. The lowest BCUT2D eigenvalue weighted by Crippen LogP contribution is -2.13. The zero-order valence-corrected chi connectivity index (χ0v) is 18.5. The lowest BCUT2D eigenvalue weighted by Gasteiger charge is -2.28. The van der Waals surface area contributed by atoms with E-state index in [1.54, 1.807) is 0 Å². The van der Waals surface area contributed by atoms with Crippen molar-refractivity contribution in [1.29, 1.82) is 5.26 Å². The van der Waals surface area contributed by atoms with Gasteiger partial charge in [-0.3, -0.25) is 0 Å². The van der Waals surface area contributed by atoms with Gasteiger partial charge in [-0.25, -0.2) is 0 Å². The van der Waals surface area contributed by atoms with E-state index < -0.39 is 0 Å². The van der Waals surface area contributed by atoms with Gasteiger partial charge < -0.3 is 9.47 Å². The number of rotatable bonds is 4. The lowest BCUT2D eigenvalue weighted by molar-refractivity contribution is 1.15. The van der Waals surface area contributed by atoms with Gasteiger partial charge in [-0.05, 0) is 54.6 Å². The van der Waals surface area contributed by atoms with Crippen molar-refractivity contribution in [3.8, 4) is 11.8 Å². The summed E-state index contributed by atoms with van der Waals surface area (Å²) in [6, 6.07) is 45.9. The number of aromatic nitrogens is 1. The SMILES string of the molecule is N#Cc1ccc(N(c2ccccc2)c2ccccc2)c(-n2c3ccccc3c3ccccc32)c1. The molecule has 0 radical (unpaired) electrons. The van der Waals surface area contributed by atoms with Crippen LogP contribution in [0.4, 0.5) is 17.1 Å². The average molecular weight is 436 g/mol. The molecule has 3 heteroatoms. The van der Waals surface area contributed by atoms with Crippen LogP contribution in [0, 0.1) is 11.3 Å². The van der Waals surface area contributed by atoms with Crippen LogP contribution in [-0.2, 0) is 0 Å². The second-order valence-corrected chi connectivity index (χ2v) is 8.19. The van der Waals surface area contributed by atoms with E-state index in [1.807, 2.05) is 24.3 Å². The number of hydrogen-bond acceptors (Lipinski definition) is 2. The number of anilines is 3. The second kappa shape index (κ2) is 8.27. The maximum atomic E-state index is 9.78. The van der Waals surface area contributed by atoms with Gasteiger partial charge in [-0.2, -0.15) is 5.26 Å². The average Bonchev–Trinajstić information content (AvgIpc) is 3.25. The predicted octanol–water partition coefficient (Wildman–Crippen LogP) is 8.13. The third kappa shape index (κ3) is 3.21. The van der Waals surface area contributed by atoms with Gasteiger partial charge in [0.25, 0.3) is 0 Å². The molecular weight excluding hydrogens is 414 g/mol. The summed E-state index contributed by atoms with van der Waals surface area (Å²) in [5.41, 5.74) is 6.93. The molecule has 0 aliphatic heterocycles. The van der Waals surface area contributed by atoms with Crippen LogP contribution in [0.1, 0.15) is 5.56 Å². The lowest BCUT2D eigenvalue weighted by atomic mass is 10.1. The fourth-order valence-corrected chi connectivity index (χ4v) is 4.72. The van der Waals surface area contributed by atoms with Gasteiger partial charge in [0.05, 0.1) is 34.0 Å². The molecule has 0 N–H and O–H groups in total. The molecule has 0 fully saturated rings. The van der Waals surface area contributed by atoms with Crippen molar-refractivity contribution in [2.45, 2.75) is 0 Å². The van der Waals surface area contributed by atoms with Crippen molar-refractivity contribution in [1.82, 2.24) is 4.57 Å². The molecular formula is C31H21N3. The zero-order valence-electron chi connectivity index (χ0n) is 18.5. The van der Waals surface area contributed by atoms with Gasteiger partial charge in [0.1, 0.15) is 0 Å². The Labute approximate surface area is 198 Å². The third-order valence-electron chi connectivity index (χ3n) is 6.20. The Morgan fingerprint density at radius 1 is 0.559 bits per heavy atom. The molecule has 0 saturated heterocycles. The van der Waals surface area contributed by atoms with Gasteiger partial charge in [-0.15, -0.1) is 0 Å². The number of hydrogen-bond donors (Lipinski definition) is 0. The maximum absolute atomic E-state index is 9.78. The summed E-state index contributed by atoms with van der Waals surface area (Å²) in [5, 5.41) is 12.2. The molecule has 6 aromatic rings. The number of nitriles is 1. The van der Waals surface area contributed by atoms with Gasteiger partial charge in [0.15, 0.2) is 0 Å². The molecule has 0 amide bonds. The zero-order chi connectivity index (χ0) is 22.9. The molecule has 0 spiro atoms. The highest BCUT2D eigenvalue weighted by atomic mass is 15.2. The Morgan fingerprint density at radius 2 is 1.06 bits per heavy atom. The minimum atomic E-state index is 0.627. The van der Waals surface area contributed by atoms with Crippen molar-refractivity contribution in [2.75, 3.05) is 4.90 Å². The molecule has 0 aliphatic carbocycles. The third-order valence-corrected chi connectivity index (χ3v) is 6.20. The van der Waals surface area contributed by atoms with E-state index in [2.05, 4.69) is 119 Å². The first kappa shape index (κ1) is 19.8. The van der Waals surface area contributed by atoms with E-state index in [4.69, 9.17) is 0 Å². The Balaban J connectivity index is 1.72. The first-order valence-electron chi connectivity index (χ1n) is 11.3. The Bertz CT molecular complexity index is 1570. The largest absolute Gasteiger partial charge is 0.308 e. The smallest absolute Gasteiger partial charge is 0.0992 e. The van der Waals surface area contributed by atoms with E-state index in [-0.39, 0.29) is 0 Å². The van der Waals surface area contributed by atoms with Crippen LogP contribution >= 0.6 is 0 Å². The number of nitrogens with zero attached hydrogens (tertiary/aromatic N) is 3. The highest BCUT2D eigenvalue weighted by Gasteiger charge is 2.20. The molecule has 0 aliphatic rings. The molecule has 0 bridgehead atoms. The summed E-state index contributed by atoms with van der Waals surface area (Å²) in [6.45, 7) is 0. The molecule has 0 atom stereocenters. The maximum Gasteiger partial charge on any atom is 0.0992 e. The molecule has 6 rings (SSSR count). The molecule has 5 aromatic carbocycles. The van der Waals surface area contributed by atoms with Crippen LogP contribution in [0.15, 0.2) is 127 Å². The fourth-order valence-electron chi connectivity index (χ4n) is 4.72. The standard InChI is InChI=1S/C31H21N3/c32-22-23-19-20-30(33(24-11-3-1-4-12-24)25-13-5-2-6-14-25)31(21-23)34-28-17-9-7-15-26(28)27-16-8-10-18-29(27)34/h1-21H. The van der Waals surface area contributed by atoms with Crippen molar-refractivity contribution >= 4 is 38.9 Å². The number of fused-ring (bicyclic) bond motifs is 3. The molecule has 160 valence electrons. The van der Waals surface area contributed by atoms with Crippen molar-refractivity contribution in [2.24, 2.45) is 0 Å². The van der Waals surface area contributed by atoms with Gasteiger partial charge in [0.2, 0.25) is 0 Å². The van der Waals surface area contributed by atoms with Crippen LogP contribution in [0.5, 0.6) is 0 Å². The minimum Gasteiger partial charge on any atom is -0.308 e. The number of benzene rings is 5. The fraction of sp³-hybridized carbons (Fsp3) is 0. The molecule has 1 heterocycles. The Morgan fingerprint density at radius 3 is 1.59 bits per heavy atom. The monoisotopic (exact) mass is 435 g/mol. The van der Waals surface area contributed by atoms with Crippen LogP contribution in [0.2, 0.25) is 0 Å². The van der Waals surface area contributed by atoms with Crippen molar-refractivity contribution in [3.63, 3.8) is 0 Å². The first-order valence-corrected chi connectivity index (χ1v) is 11.3. The summed E-state index contributed by atoms with van der Waals surface area (Å²) in [4.78, 5) is 2.25. The van der Waals surface area contributed by atoms with Crippen LogP contribution in [-0.4, -0.2) is 4.57 Å². The quantitative estimate of drug-likeness (QED) is 0.280. The Kier molecular flexibility index (Phi) is 4.83. The van der Waals surface area contributed by atoms with E-state index in [1.165, 1.54) is 10.8 Å². The highest BCUT2D eigenvalue weighted by Crippen LogP contribution is 2.41. The summed E-state index contributed by atoms with van der Waals surface area (Å²) in [6.07, 6.45) is 0. The highest BCUT2D eigenvalue weighted by molar-refractivity contribution is 6.09. The van der Waals surface area contributed by atoms with Crippen molar-refractivity contribution < 1.29 is 0 Å². The first-order chi connectivity index (χ1) is 16.8. The molecule has 1 aromatic heterocycles. The van der Waals surface area contributed by atoms with E-state index in [9.17, 15) is 5.26 Å². The number of para-hydroxylation sites is 4. The summed E-state index contributed by atoms with van der Waals surface area (Å²) in [7, 11) is 0. The van der Waals surface area contributed by atoms with Crippen LogP contribution < -0.4 is 4.90 Å². The van der Waals surface area contributed by atoms with Gasteiger partial charge in [-0.1, -0.05) is 72.8 Å².